The van der Waals surface area contributed by atoms with Gasteiger partial charge in [-0.25, -0.2) is 9.96 Å². The van der Waals surface area contributed by atoms with Crippen LogP contribution in [0.2, 0.25) is 0 Å². The molecule has 0 saturated carbocycles. The largest absolute Gasteiger partial charge is 0.497 e. The van der Waals surface area contributed by atoms with Crippen molar-refractivity contribution < 1.29 is 19.2 Å². The van der Waals surface area contributed by atoms with Crippen molar-refractivity contribution in [3.63, 3.8) is 0 Å². The Balaban J connectivity index is 1.63. The number of imide groups is 1. The van der Waals surface area contributed by atoms with Gasteiger partial charge in [0, 0.05) is 6.07 Å². The van der Waals surface area contributed by atoms with E-state index in [2.05, 4.69) is 0 Å². The monoisotopic (exact) mass is 414 g/mol. The summed E-state index contributed by atoms with van der Waals surface area (Å²) in [6.45, 7) is 1.82. The molecule has 156 valence electrons. The minimum atomic E-state index is -1.10. The molecular weight excluding hydrogens is 392 g/mol. The number of methoxy groups -OCH3 is 1. The van der Waals surface area contributed by atoms with E-state index in [0.29, 0.717) is 11.4 Å². The number of hydroxylamine groups is 1. The molecule has 0 N–H and O–H groups in total. The zero-order chi connectivity index (χ0) is 21.6. The second-order valence-electron chi connectivity index (χ2n) is 7.92. The molecular formula is C25H22N2O4. The summed E-state index contributed by atoms with van der Waals surface area (Å²) in [7, 11) is 1.55. The van der Waals surface area contributed by atoms with Gasteiger partial charge in [0.2, 0.25) is 5.91 Å². The Labute approximate surface area is 180 Å². The number of para-hydroxylation sites is 1. The number of anilines is 2. The summed E-state index contributed by atoms with van der Waals surface area (Å²) >= 11 is 0. The molecule has 2 saturated heterocycles. The van der Waals surface area contributed by atoms with Crippen LogP contribution in [0.1, 0.15) is 18.5 Å². The normalized spacial score (nSPS) is 25.1. The van der Waals surface area contributed by atoms with Crippen molar-refractivity contribution >= 4 is 23.2 Å². The standard InChI is InChI=1S/C25H22N2O4/c1-25-21(17-10-5-3-6-11-17)27(18-12-7-4-8-13-18)31-22(25)23(28)26(24(25)29)19-14-9-15-20(16-19)30-2/h3-16,21-22H,1-2H3. The SMILES string of the molecule is COc1cccc(N2C(=O)C3ON(c4ccccc4)C(c4ccccc4)C3(C)C2=O)c1. The zero-order valence-electron chi connectivity index (χ0n) is 17.3. The first-order valence-electron chi connectivity index (χ1n) is 10.1. The Morgan fingerprint density at radius 1 is 0.871 bits per heavy atom. The third-order valence-corrected chi connectivity index (χ3v) is 6.11. The zero-order valence-corrected chi connectivity index (χ0v) is 17.3. The smallest absolute Gasteiger partial charge is 0.266 e. The highest BCUT2D eigenvalue weighted by molar-refractivity contribution is 6.25. The first-order valence-corrected chi connectivity index (χ1v) is 10.1. The van der Waals surface area contributed by atoms with Crippen LogP contribution in [-0.4, -0.2) is 25.0 Å². The fourth-order valence-electron chi connectivity index (χ4n) is 4.56. The Kier molecular flexibility index (Phi) is 4.52. The molecule has 2 aliphatic heterocycles. The fraction of sp³-hybridized carbons (Fsp3) is 0.200. The first-order chi connectivity index (χ1) is 15.1. The number of hydrogen-bond donors (Lipinski definition) is 0. The summed E-state index contributed by atoms with van der Waals surface area (Å²) in [4.78, 5) is 34.8. The van der Waals surface area contributed by atoms with Gasteiger partial charge in [-0.05, 0) is 36.8 Å². The lowest BCUT2D eigenvalue weighted by molar-refractivity contribution is -0.128. The third-order valence-electron chi connectivity index (χ3n) is 6.11. The maximum absolute atomic E-state index is 13.8. The number of hydrogen-bond acceptors (Lipinski definition) is 5. The number of amides is 2. The molecule has 3 atom stereocenters. The van der Waals surface area contributed by atoms with E-state index in [1.165, 1.54) is 4.90 Å². The summed E-state index contributed by atoms with van der Waals surface area (Å²) in [5.74, 6) is -0.0881. The summed E-state index contributed by atoms with van der Waals surface area (Å²) in [5.41, 5.74) is 1.08. The predicted molar refractivity (Wildman–Crippen MR) is 117 cm³/mol. The lowest BCUT2D eigenvalue weighted by atomic mass is 9.76. The minimum Gasteiger partial charge on any atom is -0.497 e. The molecule has 2 fully saturated rings. The molecule has 0 aliphatic carbocycles. The van der Waals surface area contributed by atoms with Gasteiger partial charge >= 0.3 is 0 Å². The van der Waals surface area contributed by atoms with Gasteiger partial charge < -0.3 is 4.74 Å². The molecule has 31 heavy (non-hydrogen) atoms. The number of nitrogens with zero attached hydrogens (tertiary/aromatic N) is 2. The van der Waals surface area contributed by atoms with E-state index in [-0.39, 0.29) is 11.8 Å². The molecule has 0 bridgehead atoms. The maximum Gasteiger partial charge on any atom is 0.266 e. The quantitative estimate of drug-likeness (QED) is 0.601. The fourth-order valence-corrected chi connectivity index (χ4v) is 4.56. The van der Waals surface area contributed by atoms with E-state index in [0.717, 1.165) is 11.3 Å². The van der Waals surface area contributed by atoms with Crippen molar-refractivity contribution in [2.45, 2.75) is 19.1 Å². The van der Waals surface area contributed by atoms with Crippen molar-refractivity contribution in [2.75, 3.05) is 17.1 Å². The average molecular weight is 414 g/mol. The number of fused-ring (bicyclic) bond motifs is 1. The van der Waals surface area contributed by atoms with Crippen LogP contribution in [0.5, 0.6) is 5.75 Å². The Hall–Kier alpha value is -3.64. The number of carbonyl (C=O) groups is 2. The van der Waals surface area contributed by atoms with E-state index < -0.39 is 17.6 Å². The number of rotatable bonds is 4. The highest BCUT2D eigenvalue weighted by atomic mass is 16.7. The second kappa shape index (κ2) is 7.25. The van der Waals surface area contributed by atoms with Crippen molar-refractivity contribution in [1.29, 1.82) is 0 Å². The van der Waals surface area contributed by atoms with Crippen LogP contribution in [0.3, 0.4) is 0 Å². The number of benzene rings is 3. The minimum absolute atomic E-state index is 0.289. The molecule has 6 nitrogen and oxygen atoms in total. The van der Waals surface area contributed by atoms with E-state index in [9.17, 15) is 9.59 Å². The van der Waals surface area contributed by atoms with Crippen LogP contribution in [0.4, 0.5) is 11.4 Å². The molecule has 2 heterocycles. The van der Waals surface area contributed by atoms with E-state index >= 15 is 0 Å². The molecule has 3 unspecified atom stereocenters. The lowest BCUT2D eigenvalue weighted by Gasteiger charge is -2.32. The summed E-state index contributed by atoms with van der Waals surface area (Å²) in [6, 6.07) is 25.7. The predicted octanol–water partition coefficient (Wildman–Crippen LogP) is 4.14. The van der Waals surface area contributed by atoms with Gasteiger partial charge in [-0.2, -0.15) is 0 Å². The van der Waals surface area contributed by atoms with Gasteiger partial charge in [-0.1, -0.05) is 54.6 Å². The van der Waals surface area contributed by atoms with E-state index in [4.69, 9.17) is 9.57 Å². The summed E-state index contributed by atoms with van der Waals surface area (Å²) in [5, 5.41) is 1.71. The first kappa shape index (κ1) is 19.3. The van der Waals surface area contributed by atoms with Gasteiger partial charge in [-0.3, -0.25) is 14.4 Å². The van der Waals surface area contributed by atoms with Crippen LogP contribution in [0.15, 0.2) is 84.9 Å². The molecule has 3 aromatic carbocycles. The van der Waals surface area contributed by atoms with Crippen molar-refractivity contribution in [3.8, 4) is 5.75 Å². The van der Waals surface area contributed by atoms with Gasteiger partial charge in [0.05, 0.1) is 24.5 Å². The van der Waals surface area contributed by atoms with Crippen molar-refractivity contribution in [1.82, 2.24) is 0 Å². The number of carbonyl (C=O) groups excluding carboxylic acids is 2. The maximum atomic E-state index is 13.8. The Bertz CT molecular complexity index is 1130. The molecule has 0 radical (unpaired) electrons. The highest BCUT2D eigenvalue weighted by Gasteiger charge is 2.68. The van der Waals surface area contributed by atoms with Gasteiger partial charge in [0.15, 0.2) is 6.10 Å². The van der Waals surface area contributed by atoms with E-state index in [1.54, 1.807) is 36.4 Å². The van der Waals surface area contributed by atoms with Crippen LogP contribution >= 0.6 is 0 Å². The lowest BCUT2D eigenvalue weighted by Crippen LogP contribution is -2.41. The molecule has 0 aromatic heterocycles. The van der Waals surface area contributed by atoms with Gasteiger partial charge in [0.25, 0.3) is 5.91 Å². The molecule has 6 heteroatoms. The van der Waals surface area contributed by atoms with Crippen molar-refractivity contribution in [3.05, 3.63) is 90.5 Å². The number of ether oxygens (including phenoxy) is 1. The molecule has 0 spiro atoms. The topological polar surface area (TPSA) is 59.1 Å². The average Bonchev–Trinajstić information content (AvgIpc) is 3.23. The third kappa shape index (κ3) is 2.83. The second-order valence-corrected chi connectivity index (χ2v) is 7.92. The highest BCUT2D eigenvalue weighted by Crippen LogP contribution is 2.55. The molecule has 2 aliphatic rings. The van der Waals surface area contributed by atoms with Crippen molar-refractivity contribution in [2.24, 2.45) is 5.41 Å². The summed E-state index contributed by atoms with van der Waals surface area (Å²) < 4.78 is 5.28. The molecule has 2 amide bonds. The van der Waals surface area contributed by atoms with Crippen LogP contribution in [0.25, 0.3) is 0 Å². The Morgan fingerprint density at radius 3 is 2.19 bits per heavy atom. The summed E-state index contributed by atoms with van der Waals surface area (Å²) in [6.07, 6.45) is -0.934. The van der Waals surface area contributed by atoms with Crippen LogP contribution < -0.4 is 14.7 Å². The molecule has 3 aromatic rings. The van der Waals surface area contributed by atoms with Crippen LogP contribution in [-0.2, 0) is 14.4 Å². The van der Waals surface area contributed by atoms with E-state index in [1.807, 2.05) is 67.6 Å². The van der Waals surface area contributed by atoms with Crippen LogP contribution in [0, 0.1) is 5.41 Å². The molecule has 5 rings (SSSR count). The van der Waals surface area contributed by atoms with Gasteiger partial charge in [0.1, 0.15) is 11.2 Å². The van der Waals surface area contributed by atoms with Gasteiger partial charge in [-0.15, -0.1) is 0 Å². The Morgan fingerprint density at radius 2 is 1.52 bits per heavy atom.